The van der Waals surface area contributed by atoms with Crippen molar-refractivity contribution in [3.05, 3.63) is 47.0 Å². The molecule has 3 N–H and O–H groups in total. The topological polar surface area (TPSA) is 85.8 Å². The summed E-state index contributed by atoms with van der Waals surface area (Å²) in [7, 11) is 0. The number of nitrogen functional groups attached to an aromatic ring is 1. The van der Waals surface area contributed by atoms with Gasteiger partial charge in [-0.05, 0) is 32.0 Å². The largest absolute Gasteiger partial charge is 0.290 e. The van der Waals surface area contributed by atoms with Crippen molar-refractivity contribution in [1.82, 2.24) is 20.2 Å². The highest BCUT2D eigenvalue weighted by Crippen LogP contribution is 2.09. The highest BCUT2D eigenvalue weighted by molar-refractivity contribution is 5.94. The molecular weight excluding hydrogens is 230 g/mol. The van der Waals surface area contributed by atoms with Crippen LogP contribution >= 0.6 is 0 Å². The number of carbonyl (C=O) groups excluding carboxylic acids is 1. The van der Waals surface area contributed by atoms with Crippen LogP contribution in [0.25, 0.3) is 0 Å². The van der Waals surface area contributed by atoms with Crippen molar-refractivity contribution in [2.24, 2.45) is 5.84 Å². The fourth-order valence-corrected chi connectivity index (χ4v) is 1.83. The van der Waals surface area contributed by atoms with Gasteiger partial charge in [0.15, 0.2) is 0 Å². The number of carbonyl (C=O) groups is 1. The molecule has 1 amide bonds. The van der Waals surface area contributed by atoms with Gasteiger partial charge in [0.2, 0.25) is 0 Å². The summed E-state index contributed by atoms with van der Waals surface area (Å²) < 4.78 is 1.81. The molecule has 0 saturated heterocycles. The van der Waals surface area contributed by atoms with Crippen LogP contribution in [0.5, 0.6) is 0 Å². The molecule has 2 aromatic rings. The van der Waals surface area contributed by atoms with Gasteiger partial charge in [-0.3, -0.25) is 19.9 Å². The van der Waals surface area contributed by atoms with Gasteiger partial charge < -0.3 is 0 Å². The summed E-state index contributed by atoms with van der Waals surface area (Å²) >= 11 is 0. The Labute approximate surface area is 105 Å². The molecule has 18 heavy (non-hydrogen) atoms. The maximum Gasteiger partial charge on any atom is 0.267 e. The van der Waals surface area contributed by atoms with E-state index in [2.05, 4.69) is 15.5 Å². The number of hydrogen-bond acceptors (Lipinski definition) is 4. The molecule has 0 aliphatic carbocycles. The van der Waals surface area contributed by atoms with E-state index >= 15 is 0 Å². The summed E-state index contributed by atoms with van der Waals surface area (Å²) in [6.07, 6.45) is 1.65. The fraction of sp³-hybridized carbons (Fsp3) is 0.250. The normalized spacial score (nSPS) is 10.4. The van der Waals surface area contributed by atoms with Crippen LogP contribution in [0.4, 0.5) is 0 Å². The summed E-state index contributed by atoms with van der Waals surface area (Å²) in [5, 5.41) is 4.35. The highest BCUT2D eigenvalue weighted by Gasteiger charge is 2.12. The van der Waals surface area contributed by atoms with E-state index in [4.69, 9.17) is 5.84 Å². The number of hydrazine groups is 1. The molecule has 0 spiro atoms. The third-order valence-electron chi connectivity index (χ3n) is 2.67. The first-order chi connectivity index (χ1) is 8.61. The minimum atomic E-state index is -0.348. The maximum atomic E-state index is 11.6. The van der Waals surface area contributed by atoms with Crippen molar-refractivity contribution in [2.75, 3.05) is 0 Å². The summed E-state index contributed by atoms with van der Waals surface area (Å²) in [6.45, 7) is 4.34. The lowest BCUT2D eigenvalue weighted by molar-refractivity contribution is 0.0952. The van der Waals surface area contributed by atoms with Gasteiger partial charge in [0, 0.05) is 11.9 Å². The lowest BCUT2D eigenvalue weighted by atomic mass is 10.2. The lowest BCUT2D eigenvalue weighted by Crippen LogP contribution is -2.31. The number of amides is 1. The summed E-state index contributed by atoms with van der Waals surface area (Å²) in [5.41, 5.74) is 5.19. The Morgan fingerprint density at radius 1 is 1.50 bits per heavy atom. The summed E-state index contributed by atoms with van der Waals surface area (Å²) in [4.78, 5) is 15.8. The number of rotatable bonds is 3. The molecule has 0 aromatic carbocycles. The van der Waals surface area contributed by atoms with E-state index in [1.54, 1.807) is 18.3 Å². The molecule has 0 radical (unpaired) electrons. The van der Waals surface area contributed by atoms with Crippen molar-refractivity contribution >= 4 is 5.91 Å². The van der Waals surface area contributed by atoms with Crippen molar-refractivity contribution in [2.45, 2.75) is 20.4 Å². The van der Waals surface area contributed by atoms with Crippen molar-refractivity contribution in [1.29, 1.82) is 0 Å². The van der Waals surface area contributed by atoms with Crippen LogP contribution in [-0.4, -0.2) is 20.7 Å². The lowest BCUT2D eigenvalue weighted by Gasteiger charge is -2.08. The average molecular weight is 245 g/mol. The smallest absolute Gasteiger partial charge is 0.267 e. The molecule has 0 aliphatic rings. The summed E-state index contributed by atoms with van der Waals surface area (Å²) in [6, 6.07) is 5.37. The van der Waals surface area contributed by atoms with E-state index in [1.165, 1.54) is 0 Å². The zero-order valence-electron chi connectivity index (χ0n) is 10.3. The average Bonchev–Trinajstić information content (AvgIpc) is 2.67. The van der Waals surface area contributed by atoms with E-state index < -0.39 is 0 Å². The van der Waals surface area contributed by atoms with Gasteiger partial charge in [-0.15, -0.1) is 0 Å². The molecule has 6 nitrogen and oxygen atoms in total. The van der Waals surface area contributed by atoms with Crippen molar-refractivity contribution < 1.29 is 4.79 Å². The Balaban J connectivity index is 2.34. The van der Waals surface area contributed by atoms with Gasteiger partial charge >= 0.3 is 0 Å². The van der Waals surface area contributed by atoms with Gasteiger partial charge in [0.05, 0.1) is 23.5 Å². The predicted octanol–water partition coefficient (Wildman–Crippen LogP) is 0.547. The molecule has 0 atom stereocenters. The van der Waals surface area contributed by atoms with Crippen LogP contribution in [0.3, 0.4) is 0 Å². The van der Waals surface area contributed by atoms with Crippen LogP contribution in [0.2, 0.25) is 0 Å². The second-order valence-corrected chi connectivity index (χ2v) is 4.06. The Bertz CT molecular complexity index is 576. The van der Waals surface area contributed by atoms with Gasteiger partial charge in [0.25, 0.3) is 5.91 Å². The quantitative estimate of drug-likeness (QED) is 0.469. The second kappa shape index (κ2) is 4.97. The minimum Gasteiger partial charge on any atom is -0.290 e. The zero-order chi connectivity index (χ0) is 13.1. The highest BCUT2D eigenvalue weighted by atomic mass is 16.2. The van der Waals surface area contributed by atoms with E-state index in [0.717, 1.165) is 11.4 Å². The Hall–Kier alpha value is -2.21. The number of nitrogens with one attached hydrogen (secondary N) is 1. The molecule has 0 fully saturated rings. The third-order valence-corrected chi connectivity index (χ3v) is 2.67. The first-order valence-electron chi connectivity index (χ1n) is 5.57. The van der Waals surface area contributed by atoms with Gasteiger partial charge in [0.1, 0.15) is 0 Å². The van der Waals surface area contributed by atoms with E-state index in [9.17, 15) is 4.79 Å². The molecule has 2 aromatic heterocycles. The summed E-state index contributed by atoms with van der Waals surface area (Å²) in [5.74, 6) is 4.80. The minimum absolute atomic E-state index is 0.348. The predicted molar refractivity (Wildman–Crippen MR) is 66.7 cm³/mol. The zero-order valence-corrected chi connectivity index (χ0v) is 10.3. The molecule has 0 unspecified atom stereocenters. The molecule has 94 valence electrons. The molecule has 0 saturated carbocycles. The molecule has 0 aliphatic heterocycles. The first kappa shape index (κ1) is 12.3. The van der Waals surface area contributed by atoms with Crippen molar-refractivity contribution in [3.63, 3.8) is 0 Å². The number of aromatic nitrogens is 3. The Kier molecular flexibility index (Phi) is 3.38. The number of hydrogen-bond donors (Lipinski definition) is 2. The standard InChI is InChI=1S/C12H15N5O/c1-8-6-9(2)17(16-8)7-11-10(12(18)15-13)4-3-5-14-11/h3-6H,7,13H2,1-2H3,(H,15,18). The number of nitrogens with zero attached hydrogens (tertiary/aromatic N) is 3. The van der Waals surface area contributed by atoms with E-state index in [1.807, 2.05) is 24.6 Å². The van der Waals surface area contributed by atoms with E-state index in [0.29, 0.717) is 17.8 Å². The van der Waals surface area contributed by atoms with Gasteiger partial charge in [-0.25, -0.2) is 5.84 Å². The van der Waals surface area contributed by atoms with Crippen LogP contribution in [0.15, 0.2) is 24.4 Å². The fourth-order valence-electron chi connectivity index (χ4n) is 1.83. The maximum absolute atomic E-state index is 11.6. The Morgan fingerprint density at radius 3 is 2.89 bits per heavy atom. The number of pyridine rings is 1. The SMILES string of the molecule is Cc1cc(C)n(Cc2ncccc2C(=O)NN)n1. The molecule has 6 heteroatoms. The first-order valence-corrected chi connectivity index (χ1v) is 5.57. The van der Waals surface area contributed by atoms with Crippen molar-refractivity contribution in [3.8, 4) is 0 Å². The van der Waals surface area contributed by atoms with Gasteiger partial charge in [-0.2, -0.15) is 5.10 Å². The number of nitrogens with two attached hydrogens (primary N) is 1. The van der Waals surface area contributed by atoms with Crippen LogP contribution < -0.4 is 11.3 Å². The van der Waals surface area contributed by atoms with Crippen LogP contribution in [0, 0.1) is 13.8 Å². The second-order valence-electron chi connectivity index (χ2n) is 4.06. The Morgan fingerprint density at radius 2 is 2.28 bits per heavy atom. The third kappa shape index (κ3) is 2.38. The van der Waals surface area contributed by atoms with Gasteiger partial charge in [-0.1, -0.05) is 0 Å². The molecule has 0 bridgehead atoms. The molecular formula is C12H15N5O. The van der Waals surface area contributed by atoms with E-state index in [-0.39, 0.29) is 5.91 Å². The molecule has 2 heterocycles. The van der Waals surface area contributed by atoms with Crippen LogP contribution in [-0.2, 0) is 6.54 Å². The molecule has 2 rings (SSSR count). The van der Waals surface area contributed by atoms with Crippen LogP contribution in [0.1, 0.15) is 27.4 Å². The monoisotopic (exact) mass is 245 g/mol. The number of aryl methyl sites for hydroxylation is 2.